The van der Waals surface area contributed by atoms with E-state index in [4.69, 9.17) is 0 Å². The second-order valence-electron chi connectivity index (χ2n) is 13.4. The Hall–Kier alpha value is -2.77. The smallest absolute Gasteiger partial charge is 0.244 e. The standard InChI is InChI=1S/C34H55N5O6S2/c1-20(2)11-12-35-32(43)23(7)36-30(42)15-28(40)26-18-46-16-24-9-8-10-25(14-24)17-47-19-27(37-29(41)13-21(3)4)33(44)39-31(22(5)6)34(45)38-26/h8-10,14,20-23,26-28,31,40H,11-13,15-19H2,1-7H3,(H,35,43)(H,36,42)(H,37,41)(H,38,45)(H,39,44)/t23-,26-,27-,28-,31-/m0/s1. The summed E-state index contributed by atoms with van der Waals surface area (Å²) in [5.41, 5.74) is 2.14. The number of aliphatic hydroxyl groups is 1. The van der Waals surface area contributed by atoms with E-state index >= 15 is 0 Å². The minimum Gasteiger partial charge on any atom is -0.390 e. The van der Waals surface area contributed by atoms with Crippen LogP contribution in [0.25, 0.3) is 0 Å². The SMILES string of the molecule is CC(C)CCNC(=O)[C@H](C)NC(=O)C[C@H](O)[C@@H]1CSCc2cccc(c2)CSC[C@H](NC(=O)CC(C)C)C(=O)N[C@@H](C(C)C)C(=O)N1. The van der Waals surface area contributed by atoms with Crippen LogP contribution in [0.15, 0.2) is 24.3 Å². The summed E-state index contributed by atoms with van der Waals surface area (Å²) in [6.45, 7) is 13.7. The molecule has 6 N–H and O–H groups in total. The van der Waals surface area contributed by atoms with Gasteiger partial charge < -0.3 is 31.7 Å². The van der Waals surface area contributed by atoms with Crippen LogP contribution in [0.1, 0.15) is 78.9 Å². The zero-order valence-electron chi connectivity index (χ0n) is 28.9. The van der Waals surface area contributed by atoms with Gasteiger partial charge >= 0.3 is 0 Å². The summed E-state index contributed by atoms with van der Waals surface area (Å²) in [6.07, 6.45) is -0.490. The second kappa shape index (κ2) is 20.6. The number of hydrogen-bond acceptors (Lipinski definition) is 8. The molecule has 1 aromatic rings. The first kappa shape index (κ1) is 40.4. The van der Waals surface area contributed by atoms with Crippen molar-refractivity contribution in [3.63, 3.8) is 0 Å². The van der Waals surface area contributed by atoms with Gasteiger partial charge in [-0.2, -0.15) is 23.5 Å². The fraction of sp³-hybridized carbons (Fsp3) is 0.676. The Labute approximate surface area is 288 Å². The number of benzene rings is 1. The Balaban J connectivity index is 2.24. The van der Waals surface area contributed by atoms with Gasteiger partial charge in [-0.15, -0.1) is 0 Å². The quantitative estimate of drug-likeness (QED) is 0.195. The number of hydrogen-bond donors (Lipinski definition) is 6. The third-order valence-corrected chi connectivity index (χ3v) is 9.82. The Morgan fingerprint density at radius 1 is 0.872 bits per heavy atom. The van der Waals surface area contributed by atoms with Gasteiger partial charge in [-0.05, 0) is 42.2 Å². The molecule has 5 atom stereocenters. The molecule has 0 saturated carbocycles. The normalized spacial score (nSPS) is 21.0. The van der Waals surface area contributed by atoms with Crippen molar-refractivity contribution in [1.82, 2.24) is 26.6 Å². The molecule has 1 aliphatic heterocycles. The maximum Gasteiger partial charge on any atom is 0.244 e. The summed E-state index contributed by atoms with van der Waals surface area (Å²) in [4.78, 5) is 65.1. The van der Waals surface area contributed by atoms with Gasteiger partial charge in [-0.1, -0.05) is 65.8 Å². The lowest BCUT2D eigenvalue weighted by atomic mass is 10.0. The maximum absolute atomic E-state index is 13.6. The monoisotopic (exact) mass is 693 g/mol. The van der Waals surface area contributed by atoms with Gasteiger partial charge in [-0.3, -0.25) is 24.0 Å². The van der Waals surface area contributed by atoms with E-state index in [1.54, 1.807) is 20.8 Å². The molecule has 0 aliphatic carbocycles. The summed E-state index contributed by atoms with van der Waals surface area (Å²) >= 11 is 3.05. The lowest BCUT2D eigenvalue weighted by Crippen LogP contribution is -2.59. The number of rotatable bonds is 12. The lowest BCUT2D eigenvalue weighted by molar-refractivity contribution is -0.133. The highest BCUT2D eigenvalue weighted by molar-refractivity contribution is 7.98. The maximum atomic E-state index is 13.6. The number of aliphatic hydroxyl groups excluding tert-OH is 1. The second-order valence-corrected chi connectivity index (χ2v) is 15.5. The van der Waals surface area contributed by atoms with E-state index in [1.807, 2.05) is 32.0 Å². The van der Waals surface area contributed by atoms with Crippen molar-refractivity contribution in [3.8, 4) is 0 Å². The summed E-state index contributed by atoms with van der Waals surface area (Å²) in [7, 11) is 0. The van der Waals surface area contributed by atoms with Crippen molar-refractivity contribution in [2.75, 3.05) is 18.1 Å². The number of amides is 5. The van der Waals surface area contributed by atoms with Gasteiger partial charge in [0, 0.05) is 36.0 Å². The van der Waals surface area contributed by atoms with E-state index in [0.29, 0.717) is 35.5 Å². The fourth-order valence-corrected chi connectivity index (χ4v) is 6.96. The molecule has 0 saturated heterocycles. The Kier molecular flexibility index (Phi) is 17.7. The number of nitrogens with one attached hydrogen (secondary N) is 5. The van der Waals surface area contributed by atoms with E-state index in [-0.39, 0.29) is 36.5 Å². The van der Waals surface area contributed by atoms with Crippen LogP contribution in [-0.2, 0) is 35.5 Å². The van der Waals surface area contributed by atoms with E-state index in [2.05, 4.69) is 46.5 Å². The number of carbonyl (C=O) groups excluding carboxylic acids is 5. The van der Waals surface area contributed by atoms with Crippen molar-refractivity contribution >= 4 is 53.1 Å². The van der Waals surface area contributed by atoms with Crippen molar-refractivity contribution in [3.05, 3.63) is 35.4 Å². The molecular formula is C34H55N5O6S2. The lowest BCUT2D eigenvalue weighted by Gasteiger charge is -2.29. The third-order valence-electron chi connectivity index (χ3n) is 7.58. The van der Waals surface area contributed by atoms with Gasteiger partial charge in [0.25, 0.3) is 0 Å². The fourth-order valence-electron chi connectivity index (χ4n) is 4.86. The predicted molar refractivity (Wildman–Crippen MR) is 190 cm³/mol. The molecule has 13 heteroatoms. The van der Waals surface area contributed by atoms with Crippen molar-refractivity contribution < 1.29 is 29.1 Å². The molecule has 264 valence electrons. The molecular weight excluding hydrogens is 639 g/mol. The first-order valence-electron chi connectivity index (χ1n) is 16.5. The molecule has 0 aromatic heterocycles. The topological polar surface area (TPSA) is 166 Å². The number of carbonyl (C=O) groups is 5. The van der Waals surface area contributed by atoms with Crippen LogP contribution < -0.4 is 26.6 Å². The highest BCUT2D eigenvalue weighted by Crippen LogP contribution is 2.21. The van der Waals surface area contributed by atoms with Crippen LogP contribution in [-0.4, -0.2) is 83.0 Å². The van der Waals surface area contributed by atoms with Crippen LogP contribution in [0, 0.1) is 17.8 Å². The Bertz CT molecular complexity index is 1200. The van der Waals surface area contributed by atoms with E-state index in [0.717, 1.165) is 17.5 Å². The van der Waals surface area contributed by atoms with E-state index in [1.165, 1.54) is 23.5 Å². The van der Waals surface area contributed by atoms with Crippen LogP contribution in [0.3, 0.4) is 0 Å². The molecule has 0 radical (unpaired) electrons. The highest BCUT2D eigenvalue weighted by atomic mass is 32.2. The molecule has 0 unspecified atom stereocenters. The number of thioether (sulfide) groups is 2. The molecule has 2 rings (SSSR count). The molecule has 0 spiro atoms. The summed E-state index contributed by atoms with van der Waals surface area (Å²) in [5.74, 6) is 0.115. The van der Waals surface area contributed by atoms with Crippen LogP contribution >= 0.6 is 23.5 Å². The average molecular weight is 694 g/mol. The minimum absolute atomic E-state index is 0.118. The zero-order chi connectivity index (χ0) is 35.1. The molecule has 5 amide bonds. The minimum atomic E-state index is -1.25. The van der Waals surface area contributed by atoms with Crippen molar-refractivity contribution in [2.24, 2.45) is 17.8 Å². The zero-order valence-corrected chi connectivity index (χ0v) is 30.5. The highest BCUT2D eigenvalue weighted by Gasteiger charge is 2.32. The third kappa shape index (κ3) is 15.3. The van der Waals surface area contributed by atoms with Crippen LogP contribution in [0.5, 0.6) is 0 Å². The molecule has 1 aliphatic rings. The Morgan fingerprint density at radius 2 is 1.51 bits per heavy atom. The molecule has 2 bridgehead atoms. The Morgan fingerprint density at radius 3 is 2.11 bits per heavy atom. The molecule has 0 fully saturated rings. The van der Waals surface area contributed by atoms with Crippen LogP contribution in [0.4, 0.5) is 0 Å². The molecule has 1 heterocycles. The molecule has 47 heavy (non-hydrogen) atoms. The van der Waals surface area contributed by atoms with E-state index < -0.39 is 48.0 Å². The summed E-state index contributed by atoms with van der Waals surface area (Å²) < 4.78 is 0. The molecule has 1 aromatic carbocycles. The number of fused-ring (bicyclic) bond motifs is 2. The first-order chi connectivity index (χ1) is 22.2. The summed E-state index contributed by atoms with van der Waals surface area (Å²) in [5, 5.41) is 25.2. The molecule has 11 nitrogen and oxygen atoms in total. The van der Waals surface area contributed by atoms with Gasteiger partial charge in [0.05, 0.1) is 18.6 Å². The van der Waals surface area contributed by atoms with Crippen molar-refractivity contribution in [2.45, 2.75) is 110 Å². The van der Waals surface area contributed by atoms with Gasteiger partial charge in [-0.25, -0.2) is 0 Å². The van der Waals surface area contributed by atoms with Gasteiger partial charge in [0.15, 0.2) is 0 Å². The average Bonchev–Trinajstić information content (AvgIpc) is 2.97. The summed E-state index contributed by atoms with van der Waals surface area (Å²) in [6, 6.07) is 4.67. The first-order valence-corrected chi connectivity index (χ1v) is 18.9. The van der Waals surface area contributed by atoms with Crippen molar-refractivity contribution in [1.29, 1.82) is 0 Å². The largest absolute Gasteiger partial charge is 0.390 e. The van der Waals surface area contributed by atoms with E-state index in [9.17, 15) is 29.1 Å². The van der Waals surface area contributed by atoms with Gasteiger partial charge in [0.2, 0.25) is 29.5 Å². The van der Waals surface area contributed by atoms with Gasteiger partial charge in [0.1, 0.15) is 18.1 Å². The van der Waals surface area contributed by atoms with Crippen LogP contribution in [0.2, 0.25) is 0 Å². The predicted octanol–water partition coefficient (Wildman–Crippen LogP) is 2.74.